The summed E-state index contributed by atoms with van der Waals surface area (Å²) in [5.41, 5.74) is 0.498. The summed E-state index contributed by atoms with van der Waals surface area (Å²) in [4.78, 5) is 25.7. The number of aliphatic carboxylic acids is 1. The van der Waals surface area contributed by atoms with Crippen LogP contribution in [0.4, 0.5) is 0 Å². The average Bonchev–Trinajstić information content (AvgIpc) is 3.11. The molecule has 1 aliphatic heterocycles. The van der Waals surface area contributed by atoms with Gasteiger partial charge in [0.1, 0.15) is 5.75 Å². The molecule has 124 valence electrons. The van der Waals surface area contributed by atoms with Gasteiger partial charge in [0.15, 0.2) is 6.61 Å². The molecule has 0 unspecified atom stereocenters. The molecule has 1 aromatic carbocycles. The van der Waals surface area contributed by atoms with Crippen molar-refractivity contribution in [1.29, 1.82) is 0 Å². The monoisotopic (exact) mass is 317 g/mol. The van der Waals surface area contributed by atoms with E-state index >= 15 is 0 Å². The van der Waals surface area contributed by atoms with Gasteiger partial charge >= 0.3 is 5.97 Å². The van der Waals surface area contributed by atoms with E-state index in [-0.39, 0.29) is 18.4 Å². The van der Waals surface area contributed by atoms with Crippen LogP contribution >= 0.6 is 0 Å². The first kappa shape index (κ1) is 15.8. The van der Waals surface area contributed by atoms with E-state index in [1.54, 1.807) is 4.90 Å². The van der Waals surface area contributed by atoms with Crippen molar-refractivity contribution in [3.63, 3.8) is 0 Å². The Labute approximate surface area is 136 Å². The fourth-order valence-corrected chi connectivity index (χ4v) is 3.89. The highest BCUT2D eigenvalue weighted by Crippen LogP contribution is 2.48. The maximum absolute atomic E-state index is 12.3. The Kier molecular flexibility index (Phi) is 4.28. The van der Waals surface area contributed by atoms with Crippen LogP contribution in [-0.4, -0.2) is 41.6 Å². The van der Waals surface area contributed by atoms with Gasteiger partial charge in [0, 0.05) is 13.1 Å². The number of carbonyl (C=O) groups excluding carboxylic acids is 1. The molecule has 5 heteroatoms. The van der Waals surface area contributed by atoms with E-state index in [0.29, 0.717) is 25.3 Å². The highest BCUT2D eigenvalue weighted by molar-refractivity contribution is 5.82. The minimum absolute atomic E-state index is 0.0338. The van der Waals surface area contributed by atoms with Crippen LogP contribution in [0.1, 0.15) is 31.7 Å². The van der Waals surface area contributed by atoms with Gasteiger partial charge < -0.3 is 14.7 Å². The van der Waals surface area contributed by atoms with Crippen molar-refractivity contribution in [3.05, 3.63) is 29.8 Å². The third kappa shape index (κ3) is 2.92. The summed E-state index contributed by atoms with van der Waals surface area (Å²) in [6.07, 6.45) is 3.48. The molecule has 0 radical (unpaired) electrons. The Hall–Kier alpha value is -2.04. The lowest BCUT2D eigenvalue weighted by molar-refractivity contribution is -0.149. The molecule has 1 saturated heterocycles. The van der Waals surface area contributed by atoms with Crippen LogP contribution in [-0.2, 0) is 16.0 Å². The molecule has 0 bridgehead atoms. The van der Waals surface area contributed by atoms with E-state index in [1.807, 2.05) is 24.3 Å². The first-order valence-corrected chi connectivity index (χ1v) is 8.28. The number of hydrogen-bond donors (Lipinski definition) is 1. The predicted octanol–water partition coefficient (Wildman–Crippen LogP) is 2.34. The molecule has 1 N–H and O–H groups in total. The van der Waals surface area contributed by atoms with Crippen molar-refractivity contribution >= 4 is 11.9 Å². The zero-order valence-electron chi connectivity index (χ0n) is 13.5. The maximum Gasteiger partial charge on any atom is 0.311 e. The number of carboxylic acids is 1. The Bertz CT molecular complexity index is 598. The summed E-state index contributed by atoms with van der Waals surface area (Å²) in [6.45, 7) is 2.92. The van der Waals surface area contributed by atoms with Crippen LogP contribution in [0.25, 0.3) is 0 Å². The van der Waals surface area contributed by atoms with Crippen LogP contribution in [0, 0.1) is 11.3 Å². The lowest BCUT2D eigenvalue weighted by atomic mass is 9.81. The summed E-state index contributed by atoms with van der Waals surface area (Å²) in [5, 5.41) is 9.56. The van der Waals surface area contributed by atoms with E-state index in [9.17, 15) is 14.7 Å². The smallest absolute Gasteiger partial charge is 0.311 e. The molecule has 2 fully saturated rings. The van der Waals surface area contributed by atoms with Gasteiger partial charge in [-0.15, -0.1) is 0 Å². The Morgan fingerprint density at radius 3 is 2.70 bits per heavy atom. The minimum Gasteiger partial charge on any atom is -0.484 e. The fraction of sp³-hybridized carbons (Fsp3) is 0.556. The zero-order chi connectivity index (χ0) is 16.4. The van der Waals surface area contributed by atoms with Crippen LogP contribution in [0.3, 0.4) is 0 Å². The summed E-state index contributed by atoms with van der Waals surface area (Å²) >= 11 is 0. The SMILES string of the molecule is CCc1ccc(OCC(=O)N2C[C@@H]3CCC[C@@]3(C(=O)O)C2)cc1. The van der Waals surface area contributed by atoms with E-state index in [0.717, 1.165) is 19.3 Å². The molecule has 1 amide bonds. The van der Waals surface area contributed by atoms with Gasteiger partial charge in [-0.3, -0.25) is 9.59 Å². The van der Waals surface area contributed by atoms with Crippen molar-refractivity contribution in [2.45, 2.75) is 32.6 Å². The molecule has 3 rings (SSSR count). The number of hydrogen-bond acceptors (Lipinski definition) is 3. The minimum atomic E-state index is -0.758. The number of fused-ring (bicyclic) bond motifs is 1. The number of aryl methyl sites for hydroxylation is 1. The number of benzene rings is 1. The zero-order valence-corrected chi connectivity index (χ0v) is 13.5. The number of amides is 1. The molecule has 1 aliphatic carbocycles. The first-order valence-electron chi connectivity index (χ1n) is 8.28. The van der Waals surface area contributed by atoms with Crippen molar-refractivity contribution in [2.24, 2.45) is 11.3 Å². The molecule has 1 saturated carbocycles. The lowest BCUT2D eigenvalue weighted by Gasteiger charge is -2.23. The van der Waals surface area contributed by atoms with Crippen molar-refractivity contribution in [2.75, 3.05) is 19.7 Å². The second-order valence-corrected chi connectivity index (χ2v) is 6.61. The van der Waals surface area contributed by atoms with Gasteiger partial charge in [0.2, 0.25) is 0 Å². The van der Waals surface area contributed by atoms with Gasteiger partial charge in [0.05, 0.1) is 5.41 Å². The van der Waals surface area contributed by atoms with Crippen LogP contribution in [0.5, 0.6) is 5.75 Å². The Morgan fingerprint density at radius 2 is 2.09 bits per heavy atom. The molecule has 0 aromatic heterocycles. The number of likely N-dealkylation sites (tertiary alicyclic amines) is 1. The van der Waals surface area contributed by atoms with Crippen molar-refractivity contribution in [3.8, 4) is 5.75 Å². The van der Waals surface area contributed by atoms with Crippen LogP contribution < -0.4 is 4.74 Å². The van der Waals surface area contributed by atoms with Gasteiger partial charge in [-0.05, 0) is 42.9 Å². The van der Waals surface area contributed by atoms with E-state index < -0.39 is 11.4 Å². The highest BCUT2D eigenvalue weighted by atomic mass is 16.5. The third-order valence-electron chi connectivity index (χ3n) is 5.34. The molecule has 0 spiro atoms. The van der Waals surface area contributed by atoms with E-state index in [1.165, 1.54) is 5.56 Å². The quantitative estimate of drug-likeness (QED) is 0.905. The summed E-state index contributed by atoms with van der Waals surface area (Å²) in [6, 6.07) is 7.70. The van der Waals surface area contributed by atoms with E-state index in [4.69, 9.17) is 4.74 Å². The maximum atomic E-state index is 12.3. The largest absolute Gasteiger partial charge is 0.484 e. The molecule has 23 heavy (non-hydrogen) atoms. The molecular formula is C18H23NO4. The number of carbonyl (C=O) groups is 2. The normalized spacial score (nSPS) is 26.1. The average molecular weight is 317 g/mol. The fourth-order valence-electron chi connectivity index (χ4n) is 3.89. The Balaban J connectivity index is 1.58. The molecule has 1 aromatic rings. The van der Waals surface area contributed by atoms with Gasteiger partial charge in [0.25, 0.3) is 5.91 Å². The van der Waals surface area contributed by atoms with Crippen molar-refractivity contribution < 1.29 is 19.4 Å². The van der Waals surface area contributed by atoms with E-state index in [2.05, 4.69) is 6.92 Å². The molecule has 1 heterocycles. The van der Waals surface area contributed by atoms with Gasteiger partial charge in [-0.25, -0.2) is 0 Å². The number of nitrogens with zero attached hydrogens (tertiary/aromatic N) is 1. The molecule has 2 aliphatic rings. The standard InChI is InChI=1S/C18H23NO4/c1-2-13-5-7-15(8-6-13)23-11-16(20)19-10-14-4-3-9-18(14,12-19)17(21)22/h5-8,14H,2-4,9-12H2,1H3,(H,21,22)/t14-,18+/m0/s1. The second-order valence-electron chi connectivity index (χ2n) is 6.61. The predicted molar refractivity (Wildman–Crippen MR) is 85.3 cm³/mol. The van der Waals surface area contributed by atoms with Crippen molar-refractivity contribution in [1.82, 2.24) is 4.90 Å². The lowest BCUT2D eigenvalue weighted by Crippen LogP contribution is -2.38. The summed E-state index contributed by atoms with van der Waals surface area (Å²) in [5.74, 6) is -0.123. The summed E-state index contributed by atoms with van der Waals surface area (Å²) in [7, 11) is 0. The highest BCUT2D eigenvalue weighted by Gasteiger charge is 2.55. The summed E-state index contributed by atoms with van der Waals surface area (Å²) < 4.78 is 5.56. The number of carboxylic acid groups (broad SMARTS) is 1. The van der Waals surface area contributed by atoms with Gasteiger partial charge in [-0.1, -0.05) is 25.5 Å². The number of ether oxygens (including phenoxy) is 1. The molecule has 2 atom stereocenters. The molecule has 5 nitrogen and oxygen atoms in total. The first-order chi connectivity index (χ1) is 11.0. The molecular weight excluding hydrogens is 294 g/mol. The third-order valence-corrected chi connectivity index (χ3v) is 5.34. The second kappa shape index (κ2) is 6.22. The topological polar surface area (TPSA) is 66.8 Å². The van der Waals surface area contributed by atoms with Gasteiger partial charge in [-0.2, -0.15) is 0 Å². The number of rotatable bonds is 5. The Morgan fingerprint density at radius 1 is 1.35 bits per heavy atom. The van der Waals surface area contributed by atoms with Crippen LogP contribution in [0.15, 0.2) is 24.3 Å². The van der Waals surface area contributed by atoms with Crippen LogP contribution in [0.2, 0.25) is 0 Å².